The van der Waals surface area contributed by atoms with Crippen LogP contribution in [0.1, 0.15) is 11.4 Å². The number of rotatable bonds is 0. The Morgan fingerprint density at radius 1 is 1.36 bits per heavy atom. The average Bonchev–Trinajstić information content (AvgIpc) is 2.20. The summed E-state index contributed by atoms with van der Waals surface area (Å²) in [4.78, 5) is 4.28. The highest BCUT2D eigenvalue weighted by Gasteiger charge is 2.08. The van der Waals surface area contributed by atoms with Gasteiger partial charge < -0.3 is 0 Å². The fraction of sp³-hybridized carbons (Fsp3) is 0.111. The van der Waals surface area contributed by atoms with Crippen molar-refractivity contribution in [3.63, 3.8) is 0 Å². The van der Waals surface area contributed by atoms with Crippen LogP contribution < -0.4 is 0 Å². The van der Waals surface area contributed by atoms with Gasteiger partial charge >= 0.3 is 0 Å². The third-order valence-electron chi connectivity index (χ3n) is 1.79. The van der Waals surface area contributed by atoms with Gasteiger partial charge in [-0.15, -0.1) is 10.2 Å². The first-order valence-electron chi connectivity index (χ1n) is 3.92. The second-order valence-corrected chi connectivity index (χ2v) is 3.59. The Labute approximate surface area is 88.7 Å². The quantitative estimate of drug-likeness (QED) is 0.716. The van der Waals surface area contributed by atoms with Gasteiger partial charge in [-0.1, -0.05) is 0 Å². The highest BCUT2D eigenvalue weighted by molar-refractivity contribution is 9.10. The minimum absolute atomic E-state index is 0.260. The van der Waals surface area contributed by atoms with E-state index in [2.05, 4.69) is 31.1 Å². The first-order valence-corrected chi connectivity index (χ1v) is 4.71. The molecule has 0 radical (unpaired) electrons. The molecule has 0 fully saturated rings. The number of fused-ring (bicyclic) bond motifs is 1. The molecule has 0 N–H and O–H groups in total. The summed E-state index contributed by atoms with van der Waals surface area (Å²) in [5.74, 6) is 0. The number of hydrogen-bond acceptors (Lipinski definition) is 4. The topological polar surface area (TPSA) is 62.5 Å². The molecule has 0 aliphatic rings. The molecular weight excluding hydrogens is 244 g/mol. The van der Waals surface area contributed by atoms with E-state index in [0.29, 0.717) is 15.5 Å². The first kappa shape index (κ1) is 9.03. The van der Waals surface area contributed by atoms with Crippen LogP contribution in [0, 0.1) is 18.3 Å². The van der Waals surface area contributed by atoms with Gasteiger partial charge in [0.1, 0.15) is 17.1 Å². The molecule has 14 heavy (non-hydrogen) atoms. The summed E-state index contributed by atoms with van der Waals surface area (Å²) in [5.41, 5.74) is 2.50. The molecule has 0 saturated carbocycles. The van der Waals surface area contributed by atoms with Crippen LogP contribution in [-0.4, -0.2) is 15.2 Å². The van der Waals surface area contributed by atoms with Gasteiger partial charge in [0.05, 0.1) is 4.47 Å². The third kappa shape index (κ3) is 1.34. The summed E-state index contributed by atoms with van der Waals surface area (Å²) in [6.07, 6.45) is 0. The summed E-state index contributed by atoms with van der Waals surface area (Å²) in [5, 5.41) is 16.4. The normalized spacial score (nSPS) is 10.1. The molecule has 2 aromatic rings. The van der Waals surface area contributed by atoms with Crippen molar-refractivity contribution < 1.29 is 0 Å². The second kappa shape index (κ2) is 3.31. The zero-order valence-electron chi connectivity index (χ0n) is 7.32. The lowest BCUT2D eigenvalue weighted by Gasteiger charge is -2.00. The van der Waals surface area contributed by atoms with E-state index < -0.39 is 0 Å². The zero-order chi connectivity index (χ0) is 10.1. The van der Waals surface area contributed by atoms with Crippen molar-refractivity contribution >= 4 is 27.0 Å². The summed E-state index contributed by atoms with van der Waals surface area (Å²) >= 11 is 3.29. The van der Waals surface area contributed by atoms with Gasteiger partial charge in [0.25, 0.3) is 0 Å². The van der Waals surface area contributed by atoms with E-state index in [9.17, 15) is 0 Å². The molecule has 0 unspecified atom stereocenters. The van der Waals surface area contributed by atoms with Crippen LogP contribution in [0.25, 0.3) is 11.0 Å². The zero-order valence-corrected chi connectivity index (χ0v) is 8.91. The third-order valence-corrected chi connectivity index (χ3v) is 2.54. The molecule has 0 saturated heterocycles. The standard InChI is InChI=1S/C9H5BrN4/c1-5-2-3-6-9(12-5)8(10)7(4-11)14-13-6/h2-3H,1H3. The molecule has 0 aromatic carbocycles. The molecule has 2 rings (SSSR count). The van der Waals surface area contributed by atoms with Gasteiger partial charge in [0, 0.05) is 5.69 Å². The molecule has 5 heteroatoms. The number of hydrogen-bond donors (Lipinski definition) is 0. The van der Waals surface area contributed by atoms with Gasteiger partial charge in [0.2, 0.25) is 0 Å². The average molecular weight is 249 g/mol. The molecule has 2 heterocycles. The maximum atomic E-state index is 8.74. The van der Waals surface area contributed by atoms with E-state index >= 15 is 0 Å². The van der Waals surface area contributed by atoms with E-state index in [1.54, 1.807) is 0 Å². The number of aromatic nitrogens is 3. The molecule has 68 valence electrons. The summed E-state index contributed by atoms with van der Waals surface area (Å²) in [7, 11) is 0. The van der Waals surface area contributed by atoms with Crippen molar-refractivity contribution in [2.24, 2.45) is 0 Å². The van der Waals surface area contributed by atoms with Gasteiger partial charge in [-0.25, -0.2) is 0 Å². The van der Waals surface area contributed by atoms with Crippen LogP contribution in [0.4, 0.5) is 0 Å². The summed E-state index contributed by atoms with van der Waals surface area (Å²) in [6.45, 7) is 1.89. The van der Waals surface area contributed by atoms with Crippen LogP contribution in [0.2, 0.25) is 0 Å². The first-order chi connectivity index (χ1) is 6.72. The van der Waals surface area contributed by atoms with Crippen LogP contribution in [0.3, 0.4) is 0 Å². The minimum atomic E-state index is 0.260. The lowest BCUT2D eigenvalue weighted by atomic mass is 10.3. The molecule has 0 spiro atoms. The molecular formula is C9H5BrN4. The lowest BCUT2D eigenvalue weighted by molar-refractivity contribution is 1.03. The molecule has 0 aliphatic heterocycles. The van der Waals surface area contributed by atoms with E-state index in [1.165, 1.54) is 0 Å². The fourth-order valence-corrected chi connectivity index (χ4v) is 1.58. The Bertz CT molecular complexity index is 544. The van der Waals surface area contributed by atoms with Crippen LogP contribution in [-0.2, 0) is 0 Å². The number of halogens is 1. The van der Waals surface area contributed by atoms with Crippen LogP contribution >= 0.6 is 15.9 Å². The molecule has 2 aromatic heterocycles. The van der Waals surface area contributed by atoms with Crippen molar-refractivity contribution in [1.29, 1.82) is 5.26 Å². The predicted octanol–water partition coefficient (Wildman–Crippen LogP) is 1.97. The maximum Gasteiger partial charge on any atom is 0.179 e. The van der Waals surface area contributed by atoms with E-state index in [4.69, 9.17) is 5.26 Å². The fourth-order valence-electron chi connectivity index (χ4n) is 1.12. The van der Waals surface area contributed by atoms with Crippen molar-refractivity contribution in [2.45, 2.75) is 6.92 Å². The molecule has 0 atom stereocenters. The van der Waals surface area contributed by atoms with Crippen LogP contribution in [0.15, 0.2) is 16.6 Å². The Morgan fingerprint density at radius 2 is 2.14 bits per heavy atom. The van der Waals surface area contributed by atoms with Crippen molar-refractivity contribution in [1.82, 2.24) is 15.2 Å². The monoisotopic (exact) mass is 248 g/mol. The van der Waals surface area contributed by atoms with Crippen molar-refractivity contribution in [3.05, 3.63) is 28.0 Å². The molecule has 4 nitrogen and oxygen atoms in total. The van der Waals surface area contributed by atoms with E-state index in [1.807, 2.05) is 25.1 Å². The van der Waals surface area contributed by atoms with Crippen molar-refractivity contribution in [2.75, 3.05) is 0 Å². The minimum Gasteiger partial charge on any atom is -0.250 e. The highest BCUT2D eigenvalue weighted by Crippen LogP contribution is 2.22. The van der Waals surface area contributed by atoms with Gasteiger partial charge in [0.15, 0.2) is 5.69 Å². The maximum absolute atomic E-state index is 8.74. The molecule has 0 aliphatic carbocycles. The van der Waals surface area contributed by atoms with Crippen molar-refractivity contribution in [3.8, 4) is 6.07 Å². The van der Waals surface area contributed by atoms with Gasteiger partial charge in [-0.3, -0.25) is 4.98 Å². The SMILES string of the molecule is Cc1ccc2nnc(C#N)c(Br)c2n1. The summed E-state index contributed by atoms with van der Waals surface area (Å²) < 4.78 is 0.605. The van der Waals surface area contributed by atoms with E-state index in [0.717, 1.165) is 5.69 Å². The molecule has 0 bridgehead atoms. The second-order valence-electron chi connectivity index (χ2n) is 2.79. The van der Waals surface area contributed by atoms with E-state index in [-0.39, 0.29) is 5.69 Å². The largest absolute Gasteiger partial charge is 0.250 e. The predicted molar refractivity (Wildman–Crippen MR) is 54.5 cm³/mol. The Hall–Kier alpha value is -1.54. The number of nitriles is 1. The number of nitrogens with zero attached hydrogens (tertiary/aromatic N) is 4. The highest BCUT2D eigenvalue weighted by atomic mass is 79.9. The smallest absolute Gasteiger partial charge is 0.179 e. The number of aryl methyl sites for hydroxylation is 1. The Balaban J connectivity index is 2.88. The van der Waals surface area contributed by atoms with Gasteiger partial charge in [-0.05, 0) is 35.0 Å². The Morgan fingerprint density at radius 3 is 2.86 bits per heavy atom. The Kier molecular flexibility index (Phi) is 2.14. The summed E-state index contributed by atoms with van der Waals surface area (Å²) in [6, 6.07) is 5.63. The van der Waals surface area contributed by atoms with Crippen LogP contribution in [0.5, 0.6) is 0 Å². The lowest BCUT2D eigenvalue weighted by Crippen LogP contribution is -1.94. The molecule has 0 amide bonds. The number of pyridine rings is 1. The van der Waals surface area contributed by atoms with Gasteiger partial charge in [-0.2, -0.15) is 5.26 Å².